The molecule has 1 nitrogen and oxygen atoms in total. The topological polar surface area (TPSA) is 17.1 Å². The fourth-order valence-corrected chi connectivity index (χ4v) is 0.961. The summed E-state index contributed by atoms with van der Waals surface area (Å²) in [6.45, 7) is 4.17. The molecule has 0 aromatic carbocycles. The van der Waals surface area contributed by atoms with Crippen molar-refractivity contribution in [2.24, 2.45) is 5.92 Å². The highest BCUT2D eigenvalue weighted by atomic mass is 19.3. The van der Waals surface area contributed by atoms with Gasteiger partial charge in [0.15, 0.2) is 5.78 Å². The van der Waals surface area contributed by atoms with E-state index in [1.54, 1.807) is 0 Å². The molecule has 0 spiro atoms. The first-order chi connectivity index (χ1) is 4.92. The molecule has 0 amide bonds. The van der Waals surface area contributed by atoms with Crippen LogP contribution in [0.4, 0.5) is 8.78 Å². The minimum Gasteiger partial charge on any atom is -0.293 e. The number of hydrogen-bond acceptors (Lipinski definition) is 1. The number of ketones is 1. The minimum absolute atomic E-state index is 0.395. The quantitative estimate of drug-likeness (QED) is 0.624. The Hall–Kier alpha value is -0.470. The van der Waals surface area contributed by atoms with Gasteiger partial charge in [-0.25, -0.2) is 0 Å². The summed E-state index contributed by atoms with van der Waals surface area (Å²) in [7, 11) is 0. The van der Waals surface area contributed by atoms with Crippen LogP contribution in [0.15, 0.2) is 0 Å². The SMILES string of the molecule is CCCC(C)C(F)(F)C(C)=O. The second-order valence-electron chi connectivity index (χ2n) is 2.87. The Morgan fingerprint density at radius 1 is 1.55 bits per heavy atom. The third kappa shape index (κ3) is 2.56. The number of Topliss-reactive ketones (excluding diaryl/α,β-unsaturated/α-hetero) is 1. The van der Waals surface area contributed by atoms with Crippen LogP contribution in [0.3, 0.4) is 0 Å². The third-order valence-electron chi connectivity index (χ3n) is 1.81. The van der Waals surface area contributed by atoms with Crippen molar-refractivity contribution in [1.29, 1.82) is 0 Å². The Bertz CT molecular complexity index is 143. The first kappa shape index (κ1) is 10.5. The van der Waals surface area contributed by atoms with Crippen molar-refractivity contribution in [3.8, 4) is 0 Å². The molecule has 66 valence electrons. The first-order valence-corrected chi connectivity index (χ1v) is 3.81. The van der Waals surface area contributed by atoms with E-state index in [2.05, 4.69) is 0 Å². The maximum absolute atomic E-state index is 12.8. The van der Waals surface area contributed by atoms with E-state index in [0.29, 0.717) is 12.8 Å². The Kier molecular flexibility index (Phi) is 3.63. The van der Waals surface area contributed by atoms with E-state index in [1.807, 2.05) is 6.92 Å². The van der Waals surface area contributed by atoms with E-state index < -0.39 is 17.6 Å². The van der Waals surface area contributed by atoms with Crippen molar-refractivity contribution in [2.45, 2.75) is 39.5 Å². The predicted molar refractivity (Wildman–Crippen MR) is 39.7 cm³/mol. The van der Waals surface area contributed by atoms with Gasteiger partial charge < -0.3 is 0 Å². The van der Waals surface area contributed by atoms with Crippen LogP contribution in [-0.4, -0.2) is 11.7 Å². The fraction of sp³-hybridized carbons (Fsp3) is 0.875. The number of alkyl halides is 2. The van der Waals surface area contributed by atoms with Crippen LogP contribution in [0, 0.1) is 5.92 Å². The van der Waals surface area contributed by atoms with E-state index in [9.17, 15) is 13.6 Å². The molecule has 0 saturated heterocycles. The number of rotatable bonds is 4. The van der Waals surface area contributed by atoms with Crippen LogP contribution < -0.4 is 0 Å². The molecule has 0 rings (SSSR count). The lowest BCUT2D eigenvalue weighted by Gasteiger charge is -2.19. The van der Waals surface area contributed by atoms with Gasteiger partial charge in [0.2, 0.25) is 0 Å². The van der Waals surface area contributed by atoms with Crippen LogP contribution in [0.1, 0.15) is 33.6 Å². The molecule has 0 bridgehead atoms. The molecular formula is C8H14F2O. The van der Waals surface area contributed by atoms with E-state index in [-0.39, 0.29) is 0 Å². The maximum Gasteiger partial charge on any atom is 0.307 e. The standard InChI is InChI=1S/C8H14F2O/c1-4-5-6(2)8(9,10)7(3)11/h6H,4-5H2,1-3H3. The summed E-state index contributed by atoms with van der Waals surface area (Å²) in [6.07, 6.45) is 1.08. The lowest BCUT2D eigenvalue weighted by atomic mass is 9.96. The van der Waals surface area contributed by atoms with Crippen LogP contribution in [-0.2, 0) is 4.79 Å². The van der Waals surface area contributed by atoms with Gasteiger partial charge in [0.1, 0.15) is 0 Å². The summed E-state index contributed by atoms with van der Waals surface area (Å²) in [4.78, 5) is 10.4. The second kappa shape index (κ2) is 3.79. The number of halogens is 2. The zero-order valence-electron chi connectivity index (χ0n) is 7.16. The van der Waals surface area contributed by atoms with Crippen molar-refractivity contribution in [2.75, 3.05) is 0 Å². The Balaban J connectivity index is 4.17. The Morgan fingerprint density at radius 3 is 2.27 bits per heavy atom. The largest absolute Gasteiger partial charge is 0.307 e. The number of carbonyl (C=O) groups excluding carboxylic acids is 1. The average Bonchev–Trinajstić information content (AvgIpc) is 1.88. The third-order valence-corrected chi connectivity index (χ3v) is 1.81. The van der Waals surface area contributed by atoms with E-state index in [0.717, 1.165) is 6.92 Å². The summed E-state index contributed by atoms with van der Waals surface area (Å²) in [5, 5.41) is 0. The highest BCUT2D eigenvalue weighted by Gasteiger charge is 2.40. The van der Waals surface area contributed by atoms with E-state index >= 15 is 0 Å². The monoisotopic (exact) mass is 164 g/mol. The molecule has 0 aromatic heterocycles. The molecule has 1 atom stereocenters. The molecule has 3 heteroatoms. The Labute approximate surface area is 65.8 Å². The molecule has 0 aromatic rings. The van der Waals surface area contributed by atoms with E-state index in [1.165, 1.54) is 6.92 Å². The predicted octanol–water partition coefficient (Wildman–Crippen LogP) is 2.65. The van der Waals surface area contributed by atoms with Gasteiger partial charge in [-0.05, 0) is 6.42 Å². The summed E-state index contributed by atoms with van der Waals surface area (Å²) >= 11 is 0. The van der Waals surface area contributed by atoms with Crippen molar-refractivity contribution in [1.82, 2.24) is 0 Å². The molecule has 0 aliphatic rings. The van der Waals surface area contributed by atoms with Gasteiger partial charge in [0.05, 0.1) is 0 Å². The molecule has 0 fully saturated rings. The molecule has 11 heavy (non-hydrogen) atoms. The minimum atomic E-state index is -3.13. The van der Waals surface area contributed by atoms with Crippen LogP contribution in [0.25, 0.3) is 0 Å². The lowest BCUT2D eigenvalue weighted by Crippen LogP contribution is -2.33. The summed E-state index contributed by atoms with van der Waals surface area (Å²) < 4.78 is 25.6. The van der Waals surface area contributed by atoms with E-state index in [4.69, 9.17) is 0 Å². The van der Waals surface area contributed by atoms with Gasteiger partial charge in [-0.1, -0.05) is 20.3 Å². The van der Waals surface area contributed by atoms with Gasteiger partial charge in [0.25, 0.3) is 0 Å². The molecule has 0 heterocycles. The molecule has 0 N–H and O–H groups in total. The lowest BCUT2D eigenvalue weighted by molar-refractivity contribution is -0.148. The van der Waals surface area contributed by atoms with Crippen LogP contribution in [0.2, 0.25) is 0 Å². The van der Waals surface area contributed by atoms with Gasteiger partial charge in [0, 0.05) is 12.8 Å². The zero-order valence-corrected chi connectivity index (χ0v) is 7.16. The van der Waals surface area contributed by atoms with Crippen molar-refractivity contribution in [3.05, 3.63) is 0 Å². The molecule has 0 aliphatic carbocycles. The second-order valence-corrected chi connectivity index (χ2v) is 2.87. The van der Waals surface area contributed by atoms with Gasteiger partial charge in [-0.3, -0.25) is 4.79 Å². The molecular weight excluding hydrogens is 150 g/mol. The van der Waals surface area contributed by atoms with Gasteiger partial charge >= 0.3 is 5.92 Å². The van der Waals surface area contributed by atoms with Gasteiger partial charge in [-0.15, -0.1) is 0 Å². The highest BCUT2D eigenvalue weighted by molar-refractivity contribution is 5.83. The van der Waals surface area contributed by atoms with Crippen molar-refractivity contribution < 1.29 is 13.6 Å². The van der Waals surface area contributed by atoms with Gasteiger partial charge in [-0.2, -0.15) is 8.78 Å². The molecule has 0 radical (unpaired) electrons. The molecule has 0 aliphatic heterocycles. The van der Waals surface area contributed by atoms with Crippen LogP contribution >= 0.6 is 0 Å². The van der Waals surface area contributed by atoms with Crippen molar-refractivity contribution in [3.63, 3.8) is 0 Å². The summed E-state index contributed by atoms with van der Waals surface area (Å²) in [5.41, 5.74) is 0. The normalized spacial score (nSPS) is 14.6. The zero-order chi connectivity index (χ0) is 9.07. The number of carbonyl (C=O) groups is 1. The molecule has 1 unspecified atom stereocenters. The molecule has 0 saturated carbocycles. The Morgan fingerprint density at radius 2 is 2.00 bits per heavy atom. The number of hydrogen-bond donors (Lipinski definition) is 0. The van der Waals surface area contributed by atoms with Crippen LogP contribution in [0.5, 0.6) is 0 Å². The smallest absolute Gasteiger partial charge is 0.293 e. The summed E-state index contributed by atoms with van der Waals surface area (Å²) in [5.74, 6) is -4.99. The highest BCUT2D eigenvalue weighted by Crippen LogP contribution is 2.28. The van der Waals surface area contributed by atoms with Crippen molar-refractivity contribution >= 4 is 5.78 Å². The maximum atomic E-state index is 12.8. The fourth-order valence-electron chi connectivity index (χ4n) is 0.961. The first-order valence-electron chi connectivity index (χ1n) is 3.81. The summed E-state index contributed by atoms with van der Waals surface area (Å²) in [6, 6.07) is 0. The average molecular weight is 164 g/mol.